The Morgan fingerprint density at radius 2 is 1.85 bits per heavy atom. The molecule has 0 radical (unpaired) electrons. The number of nitrogens with two attached hydrogens (primary N) is 1. The number of rotatable bonds is 5. The van der Waals surface area contributed by atoms with Gasteiger partial charge in [-0.2, -0.15) is 4.98 Å². The second-order valence-corrected chi connectivity index (χ2v) is 7.76. The molecule has 3 N–H and O–H groups in total. The molecule has 5 rings (SSSR count). The monoisotopic (exact) mass is 441 g/mol. The maximum Gasteiger partial charge on any atom is 0.283 e. The Hall–Kier alpha value is -3.84. The first-order chi connectivity index (χ1) is 16.0. The van der Waals surface area contributed by atoms with Crippen molar-refractivity contribution in [1.82, 2.24) is 14.5 Å². The quantitative estimate of drug-likeness (QED) is 0.618. The second-order valence-electron chi connectivity index (χ2n) is 7.76. The fraction of sp³-hybridized carbons (Fsp3) is 0.231. The van der Waals surface area contributed by atoms with Gasteiger partial charge in [0.15, 0.2) is 5.65 Å². The van der Waals surface area contributed by atoms with E-state index >= 15 is 0 Å². The minimum absolute atomic E-state index is 0.273. The van der Waals surface area contributed by atoms with Gasteiger partial charge in [0.05, 0.1) is 18.0 Å². The number of allylic oxidation sites excluding steroid dienone is 5. The Bertz CT molecular complexity index is 1350. The van der Waals surface area contributed by atoms with Crippen molar-refractivity contribution in [2.45, 2.75) is 25.7 Å². The predicted molar refractivity (Wildman–Crippen MR) is 132 cm³/mol. The van der Waals surface area contributed by atoms with Gasteiger partial charge in [-0.3, -0.25) is 9.36 Å². The van der Waals surface area contributed by atoms with Crippen molar-refractivity contribution >= 4 is 22.4 Å². The summed E-state index contributed by atoms with van der Waals surface area (Å²) >= 11 is 0. The van der Waals surface area contributed by atoms with Crippen LogP contribution >= 0.6 is 0 Å². The van der Waals surface area contributed by atoms with E-state index in [-0.39, 0.29) is 5.56 Å². The van der Waals surface area contributed by atoms with Gasteiger partial charge in [0.1, 0.15) is 11.2 Å². The summed E-state index contributed by atoms with van der Waals surface area (Å²) in [5, 5.41) is 7.87. The zero-order valence-corrected chi connectivity index (χ0v) is 18.8. The van der Waals surface area contributed by atoms with Gasteiger partial charge < -0.3 is 15.9 Å². The van der Waals surface area contributed by atoms with Gasteiger partial charge in [0.2, 0.25) is 5.88 Å². The topological polar surface area (TPSA) is 107 Å². The molecule has 2 heterocycles. The minimum atomic E-state index is -0.273. The van der Waals surface area contributed by atoms with Crippen LogP contribution in [0.2, 0.25) is 0 Å². The third-order valence-electron chi connectivity index (χ3n) is 5.55. The van der Waals surface area contributed by atoms with Gasteiger partial charge >= 0.3 is 0 Å². The molecule has 0 unspecified atom stereocenters. The molecule has 1 fully saturated rings. The molecule has 7 nitrogen and oxygen atoms in total. The van der Waals surface area contributed by atoms with Gasteiger partial charge in [-0.25, -0.2) is 4.98 Å². The van der Waals surface area contributed by atoms with Crippen molar-refractivity contribution < 1.29 is 4.74 Å². The first kappa shape index (κ1) is 22.4. The maximum absolute atomic E-state index is 13.6. The van der Waals surface area contributed by atoms with Crippen LogP contribution in [0.25, 0.3) is 22.4 Å². The maximum atomic E-state index is 13.6. The highest BCUT2D eigenvalue weighted by molar-refractivity contribution is 6.12. The molecule has 2 aliphatic carbocycles. The molecular weight excluding hydrogens is 414 g/mol. The summed E-state index contributed by atoms with van der Waals surface area (Å²) in [6, 6.07) is 11.7. The number of hydrogen-bond acceptors (Lipinski definition) is 6. The highest BCUT2D eigenvalue weighted by Crippen LogP contribution is 2.40. The largest absolute Gasteiger partial charge is 0.478 e. The van der Waals surface area contributed by atoms with Crippen molar-refractivity contribution in [3.05, 3.63) is 88.4 Å². The molecule has 0 aliphatic heterocycles. The Morgan fingerprint density at radius 1 is 1.12 bits per heavy atom. The van der Waals surface area contributed by atoms with Crippen LogP contribution in [-0.2, 0) is 0 Å². The molecule has 0 amide bonds. The first-order valence-electron chi connectivity index (χ1n) is 11.0. The van der Waals surface area contributed by atoms with Crippen LogP contribution in [0.1, 0.15) is 36.9 Å². The van der Waals surface area contributed by atoms with E-state index in [0.717, 1.165) is 5.69 Å². The third kappa shape index (κ3) is 4.40. The zero-order valence-electron chi connectivity index (χ0n) is 18.8. The van der Waals surface area contributed by atoms with E-state index < -0.39 is 0 Å². The van der Waals surface area contributed by atoms with Gasteiger partial charge in [0.25, 0.3) is 5.56 Å². The molecule has 0 bridgehead atoms. The molecule has 0 atom stereocenters. The zero-order chi connectivity index (χ0) is 23.5. The molecule has 1 saturated carbocycles. The van der Waals surface area contributed by atoms with Crippen molar-refractivity contribution in [2.75, 3.05) is 13.7 Å². The van der Waals surface area contributed by atoms with E-state index in [0.29, 0.717) is 52.1 Å². The Kier molecular flexibility index (Phi) is 6.33. The molecule has 3 aromatic rings. The summed E-state index contributed by atoms with van der Waals surface area (Å²) in [7, 11) is 1.50. The average Bonchev–Trinajstić information content (AvgIpc) is 3.68. The van der Waals surface area contributed by atoms with Crippen LogP contribution in [-0.4, -0.2) is 33.9 Å². The smallest absolute Gasteiger partial charge is 0.283 e. The lowest BCUT2D eigenvalue weighted by Gasteiger charge is -2.15. The average molecular weight is 442 g/mol. The van der Waals surface area contributed by atoms with Crippen molar-refractivity contribution in [3.63, 3.8) is 0 Å². The number of aromatic nitrogens is 3. The summed E-state index contributed by atoms with van der Waals surface area (Å²) in [5.74, 6) is 1.09. The molecule has 0 saturated heterocycles. The Labute approximate surface area is 192 Å². The number of nitrogens with one attached hydrogen (secondary N) is 1. The highest BCUT2D eigenvalue weighted by Gasteiger charge is 2.24. The Balaban J connectivity index is 0.00000126. The number of benzene rings is 1. The minimum Gasteiger partial charge on any atom is -0.478 e. The number of fused-ring (bicyclic) bond motifs is 1. The lowest BCUT2D eigenvalue weighted by Crippen LogP contribution is -2.25. The molecule has 33 heavy (non-hydrogen) atoms. The SMILES string of the molecule is C=C1C=C(c2nc3ccc(OCC)nc3n(-c3ccc(C4CC4)cc3)c2=O)C=CC1=N.CN. The van der Waals surface area contributed by atoms with Gasteiger partial charge in [-0.15, -0.1) is 0 Å². The van der Waals surface area contributed by atoms with E-state index in [1.807, 2.05) is 25.1 Å². The summed E-state index contributed by atoms with van der Waals surface area (Å²) < 4.78 is 7.16. The number of ether oxygens (including phenoxy) is 1. The standard InChI is InChI=1S/C25H22N4O2.CH5N/c1-3-31-22-13-12-21-24(28-22)29(19-9-6-17(7-10-19)16-4-5-16)25(30)23(27-21)18-8-11-20(26)15(2)14-18;1-2/h6-14,16,26H,2-5H2,1H3;2H2,1H3. The predicted octanol–water partition coefficient (Wildman–Crippen LogP) is 4.16. The van der Waals surface area contributed by atoms with Gasteiger partial charge in [-0.1, -0.05) is 24.8 Å². The molecular formula is C26H27N5O2. The fourth-order valence-corrected chi connectivity index (χ4v) is 3.75. The number of nitrogens with zero attached hydrogens (tertiary/aromatic N) is 3. The lowest BCUT2D eigenvalue weighted by molar-refractivity contribution is 0.328. The van der Waals surface area contributed by atoms with E-state index in [1.165, 1.54) is 25.5 Å². The normalized spacial score (nSPS) is 15.2. The van der Waals surface area contributed by atoms with Crippen LogP contribution in [0.15, 0.2) is 71.6 Å². The summed E-state index contributed by atoms with van der Waals surface area (Å²) in [4.78, 5) is 22.8. The van der Waals surface area contributed by atoms with Crippen molar-refractivity contribution in [3.8, 4) is 11.6 Å². The summed E-state index contributed by atoms with van der Waals surface area (Å²) in [6.07, 6.45) is 7.53. The lowest BCUT2D eigenvalue weighted by atomic mass is 9.99. The van der Waals surface area contributed by atoms with Crippen molar-refractivity contribution in [1.29, 1.82) is 5.41 Å². The molecule has 2 aromatic heterocycles. The Morgan fingerprint density at radius 3 is 2.48 bits per heavy atom. The van der Waals surface area contributed by atoms with Gasteiger partial charge in [0, 0.05) is 11.6 Å². The van der Waals surface area contributed by atoms with Crippen LogP contribution in [0, 0.1) is 5.41 Å². The van der Waals surface area contributed by atoms with Crippen LogP contribution in [0.4, 0.5) is 0 Å². The third-order valence-corrected chi connectivity index (χ3v) is 5.55. The summed E-state index contributed by atoms with van der Waals surface area (Å²) in [6.45, 7) is 6.26. The van der Waals surface area contributed by atoms with Crippen LogP contribution < -0.4 is 16.0 Å². The van der Waals surface area contributed by atoms with Gasteiger partial charge in [-0.05, 0) is 74.2 Å². The molecule has 2 aliphatic rings. The molecule has 1 aromatic carbocycles. The van der Waals surface area contributed by atoms with Crippen LogP contribution in [0.5, 0.6) is 5.88 Å². The van der Waals surface area contributed by atoms with Crippen LogP contribution in [0.3, 0.4) is 0 Å². The fourth-order valence-electron chi connectivity index (χ4n) is 3.75. The number of hydrogen-bond donors (Lipinski definition) is 2. The number of pyridine rings is 1. The van der Waals surface area contributed by atoms with E-state index in [1.54, 1.807) is 28.9 Å². The second kappa shape index (κ2) is 9.34. The molecule has 0 spiro atoms. The van der Waals surface area contributed by atoms with E-state index in [9.17, 15) is 4.79 Å². The van der Waals surface area contributed by atoms with Crippen molar-refractivity contribution in [2.24, 2.45) is 5.73 Å². The first-order valence-corrected chi connectivity index (χ1v) is 11.0. The van der Waals surface area contributed by atoms with E-state index in [2.05, 4.69) is 34.4 Å². The van der Waals surface area contributed by atoms with E-state index in [4.69, 9.17) is 10.1 Å². The molecule has 168 valence electrons. The molecule has 7 heteroatoms. The highest BCUT2D eigenvalue weighted by atomic mass is 16.5. The summed E-state index contributed by atoms with van der Waals surface area (Å²) in [5.41, 5.74) is 9.09.